The molecule has 7 heteroatoms. The second-order valence-electron chi connectivity index (χ2n) is 5.03. The third-order valence-electron chi connectivity index (χ3n) is 3.63. The van der Waals surface area contributed by atoms with Crippen molar-refractivity contribution in [3.8, 4) is 0 Å². The van der Waals surface area contributed by atoms with E-state index in [1.807, 2.05) is 13.1 Å². The molecule has 1 aromatic heterocycles. The smallest absolute Gasteiger partial charge is 0.242 e. The number of piperidine rings is 1. The molecular weight excluding hydrogens is 270 g/mol. The summed E-state index contributed by atoms with van der Waals surface area (Å²) < 4.78 is 5.11. The highest BCUT2D eigenvalue weighted by Crippen LogP contribution is 2.25. The predicted molar refractivity (Wildman–Crippen MR) is 81.3 cm³/mol. The van der Waals surface area contributed by atoms with Gasteiger partial charge < -0.3 is 20.3 Å². The van der Waals surface area contributed by atoms with Crippen LogP contribution in [-0.4, -0.2) is 49.7 Å². The standard InChI is InChI=1S/C14H23N5O2/c1-15-11-8-13(18-12(17-11)9-21-3)19-7-5-4-6-10(19)14(20)16-2/h8,10H,4-7,9H2,1-3H3,(H,16,20)(H,15,17,18). The molecule has 2 heterocycles. The van der Waals surface area contributed by atoms with Crippen LogP contribution in [0.2, 0.25) is 0 Å². The Hall–Kier alpha value is -1.89. The first kappa shape index (κ1) is 15.5. The van der Waals surface area contributed by atoms with E-state index >= 15 is 0 Å². The Morgan fingerprint density at radius 2 is 2.24 bits per heavy atom. The molecule has 1 aromatic rings. The lowest BCUT2D eigenvalue weighted by atomic mass is 10.0. The van der Waals surface area contributed by atoms with Crippen molar-refractivity contribution in [3.05, 3.63) is 11.9 Å². The average molecular weight is 293 g/mol. The Morgan fingerprint density at radius 1 is 1.43 bits per heavy atom. The maximum atomic E-state index is 12.1. The highest BCUT2D eigenvalue weighted by molar-refractivity contribution is 5.85. The molecule has 0 aromatic carbocycles. The number of carbonyl (C=O) groups is 1. The Balaban J connectivity index is 2.32. The maximum Gasteiger partial charge on any atom is 0.242 e. The lowest BCUT2D eigenvalue weighted by molar-refractivity contribution is -0.122. The van der Waals surface area contributed by atoms with E-state index < -0.39 is 0 Å². The monoisotopic (exact) mass is 293 g/mol. The second kappa shape index (κ2) is 7.21. The summed E-state index contributed by atoms with van der Waals surface area (Å²) in [6, 6.07) is 1.71. The SMILES string of the molecule is CNC(=O)C1CCCCN1c1cc(NC)nc(COC)n1. The molecule has 0 radical (unpaired) electrons. The molecule has 21 heavy (non-hydrogen) atoms. The first-order valence-corrected chi connectivity index (χ1v) is 7.22. The molecule has 7 nitrogen and oxygen atoms in total. The molecule has 0 spiro atoms. The summed E-state index contributed by atoms with van der Waals surface area (Å²) >= 11 is 0. The summed E-state index contributed by atoms with van der Waals surface area (Å²) in [7, 11) is 5.10. The van der Waals surface area contributed by atoms with Gasteiger partial charge in [0, 0.05) is 33.8 Å². The van der Waals surface area contributed by atoms with Gasteiger partial charge in [0.2, 0.25) is 5.91 Å². The van der Waals surface area contributed by atoms with E-state index in [1.54, 1.807) is 14.2 Å². The lowest BCUT2D eigenvalue weighted by Crippen LogP contribution is -2.49. The third kappa shape index (κ3) is 3.60. The number of amides is 1. The Kier molecular flexibility index (Phi) is 5.32. The second-order valence-corrected chi connectivity index (χ2v) is 5.03. The van der Waals surface area contributed by atoms with Crippen molar-refractivity contribution >= 4 is 17.5 Å². The summed E-state index contributed by atoms with van der Waals surface area (Å²) in [5.74, 6) is 2.15. The molecule has 1 aliphatic rings. The van der Waals surface area contributed by atoms with Gasteiger partial charge in [-0.25, -0.2) is 9.97 Å². The number of nitrogens with zero attached hydrogens (tertiary/aromatic N) is 3. The van der Waals surface area contributed by atoms with Crippen LogP contribution in [0.4, 0.5) is 11.6 Å². The summed E-state index contributed by atoms with van der Waals surface area (Å²) in [5.41, 5.74) is 0. The number of carbonyl (C=O) groups excluding carboxylic acids is 1. The average Bonchev–Trinajstić information content (AvgIpc) is 2.54. The lowest BCUT2D eigenvalue weighted by Gasteiger charge is -2.35. The van der Waals surface area contributed by atoms with E-state index in [9.17, 15) is 4.79 Å². The molecule has 1 fully saturated rings. The van der Waals surface area contributed by atoms with Gasteiger partial charge in [-0.3, -0.25) is 4.79 Å². The van der Waals surface area contributed by atoms with Crippen LogP contribution in [-0.2, 0) is 16.1 Å². The van der Waals surface area contributed by atoms with Gasteiger partial charge in [-0.05, 0) is 19.3 Å². The van der Waals surface area contributed by atoms with E-state index in [-0.39, 0.29) is 11.9 Å². The van der Waals surface area contributed by atoms with Gasteiger partial charge in [0.25, 0.3) is 0 Å². The van der Waals surface area contributed by atoms with Crippen molar-refractivity contribution in [2.45, 2.75) is 31.9 Å². The van der Waals surface area contributed by atoms with Gasteiger partial charge in [-0.15, -0.1) is 0 Å². The largest absolute Gasteiger partial charge is 0.377 e. The van der Waals surface area contributed by atoms with Gasteiger partial charge in [-0.1, -0.05) is 0 Å². The van der Waals surface area contributed by atoms with Crippen LogP contribution >= 0.6 is 0 Å². The van der Waals surface area contributed by atoms with Crippen LogP contribution in [0.15, 0.2) is 6.07 Å². The molecule has 1 amide bonds. The van der Waals surface area contributed by atoms with Crippen molar-refractivity contribution in [1.29, 1.82) is 0 Å². The van der Waals surface area contributed by atoms with Gasteiger partial charge in [0.1, 0.15) is 24.3 Å². The van der Waals surface area contributed by atoms with Crippen LogP contribution in [0.5, 0.6) is 0 Å². The molecule has 0 aliphatic carbocycles. The van der Waals surface area contributed by atoms with E-state index in [2.05, 4.69) is 25.5 Å². The Labute approximate surface area is 125 Å². The molecular formula is C14H23N5O2. The fraction of sp³-hybridized carbons (Fsp3) is 0.643. The Bertz CT molecular complexity index is 494. The van der Waals surface area contributed by atoms with E-state index in [4.69, 9.17) is 4.74 Å². The van der Waals surface area contributed by atoms with Gasteiger partial charge in [-0.2, -0.15) is 0 Å². The molecule has 0 bridgehead atoms. The third-order valence-corrected chi connectivity index (χ3v) is 3.63. The minimum Gasteiger partial charge on any atom is -0.377 e. The zero-order valence-electron chi connectivity index (χ0n) is 12.8. The maximum absolute atomic E-state index is 12.1. The number of methoxy groups -OCH3 is 1. The first-order chi connectivity index (χ1) is 10.2. The number of rotatable bonds is 5. The van der Waals surface area contributed by atoms with Crippen molar-refractivity contribution < 1.29 is 9.53 Å². The van der Waals surface area contributed by atoms with Gasteiger partial charge in [0.05, 0.1) is 0 Å². The summed E-state index contributed by atoms with van der Waals surface area (Å²) in [6.45, 7) is 1.17. The summed E-state index contributed by atoms with van der Waals surface area (Å²) in [5, 5.41) is 5.77. The molecule has 116 valence electrons. The molecule has 2 rings (SSSR count). The number of anilines is 2. The van der Waals surface area contributed by atoms with Crippen molar-refractivity contribution in [2.75, 3.05) is 38.0 Å². The topological polar surface area (TPSA) is 79.4 Å². The molecule has 1 saturated heterocycles. The quantitative estimate of drug-likeness (QED) is 0.835. The highest BCUT2D eigenvalue weighted by atomic mass is 16.5. The van der Waals surface area contributed by atoms with E-state index in [1.165, 1.54) is 0 Å². The normalized spacial score (nSPS) is 18.4. The minimum absolute atomic E-state index is 0.0348. The molecule has 2 N–H and O–H groups in total. The number of hydrogen-bond acceptors (Lipinski definition) is 6. The molecule has 1 unspecified atom stereocenters. The number of aromatic nitrogens is 2. The molecule has 1 aliphatic heterocycles. The van der Waals surface area contributed by atoms with Gasteiger partial charge >= 0.3 is 0 Å². The van der Waals surface area contributed by atoms with E-state index in [0.29, 0.717) is 12.4 Å². The van der Waals surface area contributed by atoms with Crippen molar-refractivity contribution in [2.24, 2.45) is 0 Å². The predicted octanol–water partition coefficient (Wildman–Crippen LogP) is 0.770. The first-order valence-electron chi connectivity index (χ1n) is 7.22. The number of likely N-dealkylation sites (N-methyl/N-ethyl adjacent to an activating group) is 1. The summed E-state index contributed by atoms with van der Waals surface area (Å²) in [4.78, 5) is 23.0. The zero-order chi connectivity index (χ0) is 15.2. The van der Waals surface area contributed by atoms with E-state index in [0.717, 1.165) is 37.4 Å². The molecule has 1 atom stereocenters. The van der Waals surface area contributed by atoms with Crippen LogP contribution in [0, 0.1) is 0 Å². The number of nitrogens with one attached hydrogen (secondary N) is 2. The fourth-order valence-corrected chi connectivity index (χ4v) is 2.60. The van der Waals surface area contributed by atoms with Crippen molar-refractivity contribution in [1.82, 2.24) is 15.3 Å². The summed E-state index contributed by atoms with van der Waals surface area (Å²) in [6.07, 6.45) is 2.97. The fourth-order valence-electron chi connectivity index (χ4n) is 2.60. The Morgan fingerprint density at radius 3 is 2.90 bits per heavy atom. The molecule has 0 saturated carbocycles. The van der Waals surface area contributed by atoms with Crippen molar-refractivity contribution in [3.63, 3.8) is 0 Å². The van der Waals surface area contributed by atoms with Crippen LogP contribution < -0.4 is 15.5 Å². The highest BCUT2D eigenvalue weighted by Gasteiger charge is 2.29. The van der Waals surface area contributed by atoms with Crippen LogP contribution in [0.1, 0.15) is 25.1 Å². The number of ether oxygens (including phenoxy) is 1. The van der Waals surface area contributed by atoms with Gasteiger partial charge in [0.15, 0.2) is 5.82 Å². The number of hydrogen-bond donors (Lipinski definition) is 2. The minimum atomic E-state index is -0.168. The zero-order valence-corrected chi connectivity index (χ0v) is 12.8. The van der Waals surface area contributed by atoms with Crippen LogP contribution in [0.25, 0.3) is 0 Å². The van der Waals surface area contributed by atoms with Crippen LogP contribution in [0.3, 0.4) is 0 Å².